The van der Waals surface area contributed by atoms with E-state index in [2.05, 4.69) is 37.4 Å². The van der Waals surface area contributed by atoms with Crippen LogP contribution in [0.4, 0.5) is 0 Å². The van der Waals surface area contributed by atoms with E-state index >= 15 is 0 Å². The van der Waals surface area contributed by atoms with E-state index in [-0.39, 0.29) is 0 Å². The van der Waals surface area contributed by atoms with Gasteiger partial charge in [0.2, 0.25) is 0 Å². The van der Waals surface area contributed by atoms with E-state index in [0.717, 1.165) is 29.9 Å². The zero-order chi connectivity index (χ0) is 12.3. The van der Waals surface area contributed by atoms with Gasteiger partial charge in [0.1, 0.15) is 0 Å². The predicted molar refractivity (Wildman–Crippen MR) is 74.7 cm³/mol. The van der Waals surface area contributed by atoms with Crippen LogP contribution in [0.15, 0.2) is 18.2 Å². The molecule has 1 aliphatic rings. The highest BCUT2D eigenvalue weighted by Crippen LogP contribution is 2.22. The maximum atomic E-state index is 6.23. The van der Waals surface area contributed by atoms with Gasteiger partial charge in [0.15, 0.2) is 0 Å². The van der Waals surface area contributed by atoms with Gasteiger partial charge in [-0.05, 0) is 62.3 Å². The summed E-state index contributed by atoms with van der Waals surface area (Å²) < 4.78 is 0. The Morgan fingerprint density at radius 3 is 2.82 bits per heavy atom. The van der Waals surface area contributed by atoms with Gasteiger partial charge in [-0.15, -0.1) is 0 Å². The first-order valence-corrected chi connectivity index (χ1v) is 7.01. The van der Waals surface area contributed by atoms with Crippen molar-refractivity contribution in [1.82, 2.24) is 5.32 Å². The van der Waals surface area contributed by atoms with Gasteiger partial charge in [-0.3, -0.25) is 0 Å². The molecule has 2 rings (SSSR count). The van der Waals surface area contributed by atoms with Crippen molar-refractivity contribution in [3.8, 4) is 0 Å². The first-order chi connectivity index (χ1) is 8.15. The minimum atomic E-state index is 0.730. The fourth-order valence-electron chi connectivity index (χ4n) is 2.01. The Balaban J connectivity index is 1.75. The highest BCUT2D eigenvalue weighted by atomic mass is 35.5. The summed E-state index contributed by atoms with van der Waals surface area (Å²) in [6, 6.07) is 7.19. The molecule has 0 spiro atoms. The fraction of sp³-hybridized carbons (Fsp3) is 0.600. The summed E-state index contributed by atoms with van der Waals surface area (Å²) in [6.45, 7) is 5.55. The SMILES string of the molecule is Cc1ccc(CCC(C)CNC2CC2)c(Cl)c1. The third-order valence-corrected chi connectivity index (χ3v) is 3.80. The lowest BCUT2D eigenvalue weighted by Crippen LogP contribution is -2.23. The van der Waals surface area contributed by atoms with Gasteiger partial charge in [-0.25, -0.2) is 0 Å². The number of halogens is 1. The van der Waals surface area contributed by atoms with E-state index in [0.29, 0.717) is 0 Å². The van der Waals surface area contributed by atoms with Gasteiger partial charge in [0.25, 0.3) is 0 Å². The van der Waals surface area contributed by atoms with Crippen LogP contribution in [0.2, 0.25) is 5.02 Å². The molecule has 2 heteroatoms. The second-order valence-corrected chi connectivity index (χ2v) is 5.83. The number of hydrogen-bond acceptors (Lipinski definition) is 1. The molecule has 94 valence electrons. The maximum absolute atomic E-state index is 6.23. The molecule has 1 aromatic rings. The van der Waals surface area contributed by atoms with Gasteiger partial charge in [-0.1, -0.05) is 30.7 Å². The minimum Gasteiger partial charge on any atom is -0.314 e. The van der Waals surface area contributed by atoms with Crippen LogP contribution in [0.5, 0.6) is 0 Å². The molecule has 0 amide bonds. The molecule has 0 aliphatic heterocycles. The Kier molecular flexibility index (Phi) is 4.47. The fourth-order valence-corrected chi connectivity index (χ4v) is 2.34. The molecule has 1 fully saturated rings. The van der Waals surface area contributed by atoms with Crippen molar-refractivity contribution in [2.24, 2.45) is 5.92 Å². The predicted octanol–water partition coefficient (Wildman–Crippen LogP) is 3.97. The van der Waals surface area contributed by atoms with Crippen LogP contribution in [-0.4, -0.2) is 12.6 Å². The molecule has 1 saturated carbocycles. The van der Waals surface area contributed by atoms with E-state index in [1.54, 1.807) is 0 Å². The molecule has 17 heavy (non-hydrogen) atoms. The molecule has 0 heterocycles. The van der Waals surface area contributed by atoms with Crippen LogP contribution < -0.4 is 5.32 Å². The van der Waals surface area contributed by atoms with E-state index in [1.165, 1.54) is 30.4 Å². The summed E-state index contributed by atoms with van der Waals surface area (Å²) in [5, 5.41) is 4.51. The van der Waals surface area contributed by atoms with Crippen LogP contribution in [-0.2, 0) is 6.42 Å². The number of aryl methyl sites for hydroxylation is 2. The van der Waals surface area contributed by atoms with Gasteiger partial charge in [-0.2, -0.15) is 0 Å². The Labute approximate surface area is 110 Å². The summed E-state index contributed by atoms with van der Waals surface area (Å²) in [5.41, 5.74) is 2.53. The van der Waals surface area contributed by atoms with Crippen LogP contribution in [0, 0.1) is 12.8 Å². The average molecular weight is 252 g/mol. The highest BCUT2D eigenvalue weighted by Gasteiger charge is 2.20. The van der Waals surface area contributed by atoms with Crippen molar-refractivity contribution in [3.63, 3.8) is 0 Å². The topological polar surface area (TPSA) is 12.0 Å². The maximum Gasteiger partial charge on any atom is 0.0440 e. The second-order valence-electron chi connectivity index (χ2n) is 5.42. The number of rotatable bonds is 6. The molecule has 0 bridgehead atoms. The molecular formula is C15H22ClN. The molecule has 0 radical (unpaired) electrons. The molecule has 1 N–H and O–H groups in total. The van der Waals surface area contributed by atoms with Gasteiger partial charge in [0, 0.05) is 11.1 Å². The van der Waals surface area contributed by atoms with Gasteiger partial charge < -0.3 is 5.32 Å². The van der Waals surface area contributed by atoms with E-state index in [1.807, 2.05) is 0 Å². The van der Waals surface area contributed by atoms with Crippen molar-refractivity contribution in [1.29, 1.82) is 0 Å². The smallest absolute Gasteiger partial charge is 0.0440 e. The standard InChI is InChI=1S/C15H22ClN/c1-11-3-5-13(15(16)9-11)6-4-12(2)10-17-14-7-8-14/h3,5,9,12,14,17H,4,6-8,10H2,1-2H3. The van der Waals surface area contributed by atoms with Crippen LogP contribution >= 0.6 is 11.6 Å². The molecule has 1 aliphatic carbocycles. The third-order valence-electron chi connectivity index (χ3n) is 3.45. The van der Waals surface area contributed by atoms with Crippen LogP contribution in [0.1, 0.15) is 37.3 Å². The summed E-state index contributed by atoms with van der Waals surface area (Å²) >= 11 is 6.23. The Bertz CT molecular complexity index is 371. The minimum absolute atomic E-state index is 0.730. The van der Waals surface area contributed by atoms with Crippen LogP contribution in [0.3, 0.4) is 0 Å². The largest absolute Gasteiger partial charge is 0.314 e. The molecule has 1 unspecified atom stereocenters. The number of hydrogen-bond donors (Lipinski definition) is 1. The number of benzene rings is 1. The van der Waals surface area contributed by atoms with Crippen molar-refractivity contribution in [2.75, 3.05) is 6.54 Å². The van der Waals surface area contributed by atoms with Gasteiger partial charge in [0.05, 0.1) is 0 Å². The summed E-state index contributed by atoms with van der Waals surface area (Å²) in [6.07, 6.45) is 5.04. The number of nitrogens with one attached hydrogen (secondary N) is 1. The van der Waals surface area contributed by atoms with Crippen LogP contribution in [0.25, 0.3) is 0 Å². The Morgan fingerprint density at radius 1 is 1.41 bits per heavy atom. The normalized spacial score (nSPS) is 17.1. The second kappa shape index (κ2) is 5.88. The first kappa shape index (κ1) is 12.9. The quantitative estimate of drug-likeness (QED) is 0.807. The lowest BCUT2D eigenvalue weighted by atomic mass is 10.0. The zero-order valence-electron chi connectivity index (χ0n) is 10.8. The molecular weight excluding hydrogens is 230 g/mol. The highest BCUT2D eigenvalue weighted by molar-refractivity contribution is 6.31. The van der Waals surface area contributed by atoms with E-state index < -0.39 is 0 Å². The lowest BCUT2D eigenvalue weighted by Gasteiger charge is -2.13. The van der Waals surface area contributed by atoms with Crippen molar-refractivity contribution < 1.29 is 0 Å². The van der Waals surface area contributed by atoms with E-state index in [9.17, 15) is 0 Å². The average Bonchev–Trinajstić information content (AvgIpc) is 3.09. The van der Waals surface area contributed by atoms with Crippen molar-refractivity contribution >= 4 is 11.6 Å². The molecule has 1 aromatic carbocycles. The van der Waals surface area contributed by atoms with E-state index in [4.69, 9.17) is 11.6 Å². The lowest BCUT2D eigenvalue weighted by molar-refractivity contribution is 0.480. The third kappa shape index (κ3) is 4.33. The molecule has 0 saturated heterocycles. The van der Waals surface area contributed by atoms with Crippen molar-refractivity contribution in [3.05, 3.63) is 34.3 Å². The molecule has 1 nitrogen and oxygen atoms in total. The van der Waals surface area contributed by atoms with Gasteiger partial charge >= 0.3 is 0 Å². The molecule has 1 atom stereocenters. The monoisotopic (exact) mass is 251 g/mol. The molecule has 0 aromatic heterocycles. The summed E-state index contributed by atoms with van der Waals surface area (Å²) in [7, 11) is 0. The Hall–Kier alpha value is -0.530. The van der Waals surface area contributed by atoms with Crippen molar-refractivity contribution in [2.45, 2.75) is 45.6 Å². The first-order valence-electron chi connectivity index (χ1n) is 6.63. The summed E-state index contributed by atoms with van der Waals surface area (Å²) in [4.78, 5) is 0. The zero-order valence-corrected chi connectivity index (χ0v) is 11.6. The Morgan fingerprint density at radius 2 is 2.18 bits per heavy atom. The summed E-state index contributed by atoms with van der Waals surface area (Å²) in [5.74, 6) is 0.730.